The van der Waals surface area contributed by atoms with Gasteiger partial charge in [0.05, 0.1) is 10.6 Å². The van der Waals surface area contributed by atoms with E-state index < -0.39 is 0 Å². The molecule has 0 bridgehead atoms. The van der Waals surface area contributed by atoms with Gasteiger partial charge in [0.25, 0.3) is 0 Å². The van der Waals surface area contributed by atoms with Crippen molar-refractivity contribution in [2.45, 2.75) is 16.7 Å². The van der Waals surface area contributed by atoms with E-state index in [1.165, 1.54) is 0 Å². The Balaban J connectivity index is 1.92. The first kappa shape index (κ1) is 14.9. The molecule has 7 heteroatoms. The van der Waals surface area contributed by atoms with E-state index in [-0.39, 0.29) is 0 Å². The number of benzene rings is 1. The Hall–Kier alpha value is -2.05. The van der Waals surface area contributed by atoms with Crippen LogP contribution in [0.25, 0.3) is 0 Å². The lowest BCUT2D eigenvalue weighted by molar-refractivity contribution is 0.763. The number of halogens is 1. The highest BCUT2D eigenvalue weighted by Crippen LogP contribution is 2.37. The molecule has 112 valence electrons. The van der Waals surface area contributed by atoms with E-state index in [4.69, 9.17) is 11.6 Å². The van der Waals surface area contributed by atoms with Crippen LogP contribution in [0, 0.1) is 6.92 Å². The Morgan fingerprint density at radius 3 is 2.50 bits per heavy atom. The van der Waals surface area contributed by atoms with Crippen LogP contribution in [0.3, 0.4) is 0 Å². The van der Waals surface area contributed by atoms with E-state index in [0.717, 1.165) is 26.3 Å². The van der Waals surface area contributed by atoms with Crippen molar-refractivity contribution in [1.82, 2.24) is 19.7 Å². The molecule has 0 amide bonds. The fourth-order valence-corrected chi connectivity index (χ4v) is 3.09. The molecular weight excluding hydrogens is 318 g/mol. The van der Waals surface area contributed by atoms with Crippen LogP contribution in [0.2, 0.25) is 5.02 Å². The lowest BCUT2D eigenvalue weighted by Gasteiger charge is -2.08. The Morgan fingerprint density at radius 1 is 1.14 bits per heavy atom. The van der Waals surface area contributed by atoms with Crippen molar-refractivity contribution in [3.05, 3.63) is 53.4 Å². The van der Waals surface area contributed by atoms with Crippen molar-refractivity contribution in [3.8, 4) is 0 Å². The molecule has 0 aliphatic heterocycles. The quantitative estimate of drug-likeness (QED) is 0.781. The number of aromatic nitrogens is 4. The van der Waals surface area contributed by atoms with Gasteiger partial charge >= 0.3 is 0 Å². The number of hydrogen-bond donors (Lipinski definition) is 1. The first-order valence-electron chi connectivity index (χ1n) is 6.64. The zero-order valence-corrected chi connectivity index (χ0v) is 13.7. The second-order valence-corrected chi connectivity index (χ2v) is 6.16. The maximum absolute atomic E-state index is 5.93. The number of hydrogen-bond acceptors (Lipinski definition) is 5. The highest BCUT2D eigenvalue weighted by atomic mass is 35.5. The number of aryl methyl sites for hydroxylation is 2. The molecule has 0 atom stereocenters. The standard InChI is InChI=1S/C15H14ClN5S/c1-10-13(22-12-6-4-11(16)5-7-12)14(21(2)20-10)19-15-17-8-3-9-18-15/h3-9H,1-2H3,(H,17,18,19). The second-order valence-electron chi connectivity index (χ2n) is 4.64. The third-order valence-corrected chi connectivity index (χ3v) is 4.45. The zero-order valence-electron chi connectivity index (χ0n) is 12.1. The minimum Gasteiger partial charge on any atom is -0.308 e. The molecule has 2 aromatic heterocycles. The lowest BCUT2D eigenvalue weighted by atomic mass is 10.4. The normalized spacial score (nSPS) is 10.7. The van der Waals surface area contributed by atoms with Gasteiger partial charge in [-0.15, -0.1) is 0 Å². The molecule has 3 aromatic rings. The molecule has 0 aliphatic rings. The predicted octanol–water partition coefficient (Wildman–Crippen LogP) is 4.07. The highest BCUT2D eigenvalue weighted by molar-refractivity contribution is 7.99. The van der Waals surface area contributed by atoms with E-state index in [1.807, 2.05) is 38.2 Å². The molecule has 2 heterocycles. The van der Waals surface area contributed by atoms with Gasteiger partial charge in [0.1, 0.15) is 5.82 Å². The summed E-state index contributed by atoms with van der Waals surface area (Å²) >= 11 is 7.56. The lowest BCUT2D eigenvalue weighted by Crippen LogP contribution is -2.02. The van der Waals surface area contributed by atoms with Gasteiger partial charge in [0, 0.05) is 29.4 Å². The van der Waals surface area contributed by atoms with Crippen molar-refractivity contribution in [3.63, 3.8) is 0 Å². The summed E-state index contributed by atoms with van der Waals surface area (Å²) in [6.07, 6.45) is 3.40. The summed E-state index contributed by atoms with van der Waals surface area (Å²) in [4.78, 5) is 10.5. The van der Waals surface area contributed by atoms with Crippen LogP contribution in [0.5, 0.6) is 0 Å². The average molecular weight is 332 g/mol. The minimum absolute atomic E-state index is 0.545. The van der Waals surface area contributed by atoms with E-state index in [9.17, 15) is 0 Å². The maximum atomic E-state index is 5.93. The van der Waals surface area contributed by atoms with Gasteiger partial charge in [-0.2, -0.15) is 5.10 Å². The molecule has 0 saturated carbocycles. The SMILES string of the molecule is Cc1nn(C)c(Nc2ncccn2)c1Sc1ccc(Cl)cc1. The third-order valence-electron chi connectivity index (χ3n) is 3.00. The summed E-state index contributed by atoms with van der Waals surface area (Å²) in [5, 5.41) is 8.42. The van der Waals surface area contributed by atoms with Crippen molar-refractivity contribution < 1.29 is 0 Å². The van der Waals surface area contributed by atoms with Crippen molar-refractivity contribution in [1.29, 1.82) is 0 Å². The number of rotatable bonds is 4. The summed E-state index contributed by atoms with van der Waals surface area (Å²) in [5.41, 5.74) is 0.945. The zero-order chi connectivity index (χ0) is 15.5. The molecule has 0 unspecified atom stereocenters. The highest BCUT2D eigenvalue weighted by Gasteiger charge is 2.15. The molecule has 3 rings (SSSR count). The van der Waals surface area contributed by atoms with E-state index in [0.29, 0.717) is 5.95 Å². The monoisotopic (exact) mass is 331 g/mol. The molecule has 0 spiro atoms. The summed E-state index contributed by atoms with van der Waals surface area (Å²) in [6, 6.07) is 9.51. The van der Waals surface area contributed by atoms with Gasteiger partial charge in [0.15, 0.2) is 0 Å². The maximum Gasteiger partial charge on any atom is 0.228 e. The van der Waals surface area contributed by atoms with Crippen LogP contribution in [-0.4, -0.2) is 19.7 Å². The summed E-state index contributed by atoms with van der Waals surface area (Å²) in [7, 11) is 1.89. The van der Waals surface area contributed by atoms with Crippen LogP contribution in [-0.2, 0) is 7.05 Å². The molecule has 0 radical (unpaired) electrons. The summed E-state index contributed by atoms with van der Waals surface area (Å²) in [6.45, 7) is 1.98. The number of nitrogens with zero attached hydrogens (tertiary/aromatic N) is 4. The molecule has 5 nitrogen and oxygen atoms in total. The molecule has 0 saturated heterocycles. The van der Waals surface area contributed by atoms with Crippen LogP contribution in [0.15, 0.2) is 52.5 Å². The second kappa shape index (κ2) is 6.37. The van der Waals surface area contributed by atoms with Gasteiger partial charge in [-0.05, 0) is 37.3 Å². The Labute approximate surface area is 137 Å². The van der Waals surface area contributed by atoms with Crippen LogP contribution in [0.1, 0.15) is 5.69 Å². The van der Waals surface area contributed by atoms with Gasteiger partial charge in [-0.1, -0.05) is 23.4 Å². The fraction of sp³-hybridized carbons (Fsp3) is 0.133. The average Bonchev–Trinajstić information content (AvgIpc) is 2.77. The third kappa shape index (κ3) is 3.23. The predicted molar refractivity (Wildman–Crippen MR) is 88.8 cm³/mol. The minimum atomic E-state index is 0.545. The number of nitrogens with one attached hydrogen (secondary N) is 1. The Kier molecular flexibility index (Phi) is 4.31. The van der Waals surface area contributed by atoms with Crippen LogP contribution >= 0.6 is 23.4 Å². The Bertz CT molecular complexity index is 771. The number of anilines is 2. The molecule has 1 N–H and O–H groups in total. The first-order chi connectivity index (χ1) is 10.6. The van der Waals surface area contributed by atoms with Crippen molar-refractivity contribution >= 4 is 35.1 Å². The molecule has 1 aromatic carbocycles. The summed E-state index contributed by atoms with van der Waals surface area (Å²) < 4.78 is 1.80. The smallest absolute Gasteiger partial charge is 0.228 e. The van der Waals surface area contributed by atoms with Gasteiger partial charge in [0.2, 0.25) is 5.95 Å². The molecule has 22 heavy (non-hydrogen) atoms. The van der Waals surface area contributed by atoms with E-state index >= 15 is 0 Å². The van der Waals surface area contributed by atoms with E-state index in [2.05, 4.69) is 20.4 Å². The topological polar surface area (TPSA) is 55.6 Å². The van der Waals surface area contributed by atoms with Crippen LogP contribution < -0.4 is 5.32 Å². The van der Waals surface area contributed by atoms with Gasteiger partial charge < -0.3 is 5.32 Å². The first-order valence-corrected chi connectivity index (χ1v) is 7.84. The van der Waals surface area contributed by atoms with Gasteiger partial charge in [-0.3, -0.25) is 4.68 Å². The largest absolute Gasteiger partial charge is 0.308 e. The molecule has 0 fully saturated rings. The molecule has 0 aliphatic carbocycles. The van der Waals surface area contributed by atoms with Crippen molar-refractivity contribution in [2.75, 3.05) is 5.32 Å². The van der Waals surface area contributed by atoms with Gasteiger partial charge in [-0.25, -0.2) is 9.97 Å². The Morgan fingerprint density at radius 2 is 1.82 bits per heavy atom. The fourth-order valence-electron chi connectivity index (χ4n) is 1.99. The van der Waals surface area contributed by atoms with E-state index in [1.54, 1.807) is 34.9 Å². The summed E-state index contributed by atoms with van der Waals surface area (Å²) in [5.74, 6) is 1.41. The van der Waals surface area contributed by atoms with Crippen LogP contribution in [0.4, 0.5) is 11.8 Å². The molecular formula is C15H14ClN5S. The van der Waals surface area contributed by atoms with Crippen molar-refractivity contribution in [2.24, 2.45) is 7.05 Å².